The Morgan fingerprint density at radius 3 is 2.67 bits per heavy atom. The lowest BCUT2D eigenvalue weighted by atomic mass is 10.3. The lowest BCUT2D eigenvalue weighted by molar-refractivity contribution is 0.672. The van der Waals surface area contributed by atoms with Crippen LogP contribution >= 0.6 is 11.8 Å². The van der Waals surface area contributed by atoms with Crippen molar-refractivity contribution in [1.82, 2.24) is 0 Å². The van der Waals surface area contributed by atoms with Crippen molar-refractivity contribution < 1.29 is 4.21 Å². The molecule has 1 aliphatic heterocycles. The lowest BCUT2D eigenvalue weighted by Crippen LogP contribution is -2.09. The van der Waals surface area contributed by atoms with Crippen molar-refractivity contribution in [3.05, 3.63) is 0 Å². The Labute approximate surface area is 61.4 Å². The fourth-order valence-corrected chi connectivity index (χ4v) is 3.16. The van der Waals surface area contributed by atoms with Crippen LogP contribution in [-0.4, -0.2) is 14.5 Å². The Balaban J connectivity index is 2.40. The van der Waals surface area contributed by atoms with Gasteiger partial charge in [-0.15, -0.1) is 11.8 Å². The zero-order valence-electron chi connectivity index (χ0n) is 5.17. The molecule has 0 amide bonds. The zero-order valence-corrected chi connectivity index (χ0v) is 6.88. The first kappa shape index (κ1) is 7.41. The molecule has 0 aromatic rings. The minimum Gasteiger partial charge on any atom is -0.254 e. The third-order valence-electron chi connectivity index (χ3n) is 1.42. The maximum Gasteiger partial charge on any atom is 0.0854 e. The van der Waals surface area contributed by atoms with Gasteiger partial charge in [0.2, 0.25) is 0 Å². The molecule has 0 radical (unpaired) electrons. The summed E-state index contributed by atoms with van der Waals surface area (Å²) in [6.07, 6.45) is 3.39. The normalized spacial score (nSPS) is 31.8. The molecule has 0 spiro atoms. The molecule has 4 heteroatoms. The molecule has 1 rings (SSSR count). The van der Waals surface area contributed by atoms with E-state index < -0.39 is 10.6 Å². The van der Waals surface area contributed by atoms with Crippen LogP contribution in [0.4, 0.5) is 0 Å². The second-order valence-corrected chi connectivity index (χ2v) is 5.08. The summed E-state index contributed by atoms with van der Waals surface area (Å²) in [5.41, 5.74) is 0. The van der Waals surface area contributed by atoms with Crippen molar-refractivity contribution in [2.24, 2.45) is 0 Å². The predicted octanol–water partition coefficient (Wildman–Crippen LogP) is 1.47. The van der Waals surface area contributed by atoms with Crippen molar-refractivity contribution in [2.75, 3.05) is 5.75 Å². The average Bonchev–Trinajstić information content (AvgIpc) is 1.90. The minimum absolute atomic E-state index is 0.147. The molecule has 2 unspecified atom stereocenters. The number of rotatable bonds is 1. The van der Waals surface area contributed by atoms with Crippen LogP contribution in [0.2, 0.25) is 0 Å². The van der Waals surface area contributed by atoms with Crippen molar-refractivity contribution in [3.8, 4) is 0 Å². The van der Waals surface area contributed by atoms with E-state index in [0.717, 1.165) is 18.6 Å². The van der Waals surface area contributed by atoms with E-state index >= 15 is 0 Å². The van der Waals surface area contributed by atoms with Crippen LogP contribution < -0.4 is 0 Å². The quantitative estimate of drug-likeness (QED) is 0.578. The Morgan fingerprint density at radius 1 is 1.56 bits per heavy atom. The summed E-state index contributed by atoms with van der Waals surface area (Å²) in [4.78, 5) is 0. The number of hydrogen-bond donors (Lipinski definition) is 2. The van der Waals surface area contributed by atoms with Gasteiger partial charge in [0, 0.05) is 10.6 Å². The van der Waals surface area contributed by atoms with E-state index in [-0.39, 0.29) is 4.58 Å². The summed E-state index contributed by atoms with van der Waals surface area (Å²) in [5, 5.41) is 0. The van der Waals surface area contributed by atoms with Crippen LogP contribution in [0.5, 0.6) is 0 Å². The van der Waals surface area contributed by atoms with Crippen LogP contribution in [0, 0.1) is 4.78 Å². The molecule has 0 aliphatic carbocycles. The first-order chi connectivity index (χ1) is 4.30. The van der Waals surface area contributed by atoms with Gasteiger partial charge in [0.05, 0.1) is 4.58 Å². The fourth-order valence-electron chi connectivity index (χ4n) is 0.909. The molecular formula is C5H11NOS2. The summed E-state index contributed by atoms with van der Waals surface area (Å²) in [7, 11) is -1.66. The highest BCUT2D eigenvalue weighted by molar-refractivity contribution is 8.08. The molecule has 2 atom stereocenters. The molecular weight excluding hydrogens is 154 g/mol. The first-order valence-electron chi connectivity index (χ1n) is 3.10. The molecule has 2 nitrogen and oxygen atoms in total. The van der Waals surface area contributed by atoms with E-state index in [9.17, 15) is 4.21 Å². The van der Waals surface area contributed by atoms with E-state index in [0.29, 0.717) is 0 Å². The Kier molecular flexibility index (Phi) is 2.85. The molecule has 1 heterocycles. The third-order valence-corrected chi connectivity index (χ3v) is 4.37. The maximum atomic E-state index is 10.6. The second kappa shape index (κ2) is 3.46. The molecule has 0 bridgehead atoms. The minimum atomic E-state index is -1.66. The molecule has 1 saturated heterocycles. The van der Waals surface area contributed by atoms with E-state index in [2.05, 4.69) is 0 Å². The zero-order chi connectivity index (χ0) is 6.69. The van der Waals surface area contributed by atoms with Gasteiger partial charge in [0.15, 0.2) is 0 Å². The van der Waals surface area contributed by atoms with Crippen LogP contribution in [0.1, 0.15) is 19.3 Å². The Morgan fingerprint density at radius 2 is 2.33 bits per heavy atom. The Bertz CT molecular complexity index is 141. The molecule has 0 aromatic carbocycles. The molecule has 9 heavy (non-hydrogen) atoms. The monoisotopic (exact) mass is 165 g/mol. The lowest BCUT2D eigenvalue weighted by Gasteiger charge is -2.15. The largest absolute Gasteiger partial charge is 0.254 e. The predicted molar refractivity (Wildman–Crippen MR) is 42.4 cm³/mol. The van der Waals surface area contributed by atoms with Gasteiger partial charge in [0.25, 0.3) is 0 Å². The van der Waals surface area contributed by atoms with Crippen LogP contribution in [0.15, 0.2) is 0 Å². The van der Waals surface area contributed by atoms with E-state index in [1.54, 1.807) is 11.8 Å². The number of hydrogen-bond acceptors (Lipinski definition) is 3. The number of thiol groups is 1. The summed E-state index contributed by atoms with van der Waals surface area (Å²) >= 11 is 1.70. The molecule has 1 N–H and O–H groups in total. The molecule has 54 valence electrons. The van der Waals surface area contributed by atoms with Crippen molar-refractivity contribution in [1.29, 1.82) is 4.78 Å². The van der Waals surface area contributed by atoms with Gasteiger partial charge in [0.1, 0.15) is 0 Å². The smallest absolute Gasteiger partial charge is 0.0854 e. The van der Waals surface area contributed by atoms with Crippen molar-refractivity contribution in [2.45, 2.75) is 23.8 Å². The maximum absolute atomic E-state index is 10.6. The van der Waals surface area contributed by atoms with Gasteiger partial charge in [-0.2, -0.15) is 0 Å². The summed E-state index contributed by atoms with van der Waals surface area (Å²) in [6, 6.07) is 0. The van der Waals surface area contributed by atoms with E-state index in [1.165, 1.54) is 6.42 Å². The van der Waals surface area contributed by atoms with Crippen LogP contribution in [0.3, 0.4) is 0 Å². The SMILES string of the molecule is N=[SH](=O)C1CCCCS1. The van der Waals surface area contributed by atoms with Crippen molar-refractivity contribution >= 4 is 22.4 Å². The Hall–Kier alpha value is 0.300. The molecule has 0 aromatic heterocycles. The standard InChI is InChI=1S/C5H11NOS2/c6-9(7)5-3-1-2-4-8-5/h5-6,9H,1-4H2. The van der Waals surface area contributed by atoms with Crippen LogP contribution in [0.25, 0.3) is 0 Å². The van der Waals surface area contributed by atoms with Gasteiger partial charge < -0.3 is 0 Å². The number of nitrogens with one attached hydrogen (secondary N) is 1. The van der Waals surface area contributed by atoms with Gasteiger partial charge in [-0.1, -0.05) is 6.42 Å². The number of thioether (sulfide) groups is 1. The van der Waals surface area contributed by atoms with Gasteiger partial charge >= 0.3 is 0 Å². The highest BCUT2D eigenvalue weighted by atomic mass is 32.2. The molecule has 1 aliphatic rings. The van der Waals surface area contributed by atoms with E-state index in [1.807, 2.05) is 0 Å². The van der Waals surface area contributed by atoms with Crippen LogP contribution in [-0.2, 0) is 10.6 Å². The van der Waals surface area contributed by atoms with E-state index in [4.69, 9.17) is 4.78 Å². The highest BCUT2D eigenvalue weighted by Crippen LogP contribution is 2.25. The summed E-state index contributed by atoms with van der Waals surface area (Å²) in [5.74, 6) is 1.10. The highest BCUT2D eigenvalue weighted by Gasteiger charge is 2.13. The fraction of sp³-hybridized carbons (Fsp3) is 1.00. The topological polar surface area (TPSA) is 40.9 Å². The second-order valence-electron chi connectivity index (χ2n) is 2.15. The van der Waals surface area contributed by atoms with Gasteiger partial charge in [-0.25, -0.2) is 0 Å². The summed E-state index contributed by atoms with van der Waals surface area (Å²) in [6.45, 7) is 0. The van der Waals surface area contributed by atoms with Gasteiger partial charge in [-0.05, 0) is 18.6 Å². The molecule has 0 saturated carbocycles. The van der Waals surface area contributed by atoms with Crippen molar-refractivity contribution in [3.63, 3.8) is 0 Å². The third kappa shape index (κ3) is 2.18. The first-order valence-corrected chi connectivity index (χ1v) is 5.47. The average molecular weight is 165 g/mol. The molecule has 1 fully saturated rings. The summed E-state index contributed by atoms with van der Waals surface area (Å²) < 4.78 is 17.7. The van der Waals surface area contributed by atoms with Gasteiger partial charge in [-0.3, -0.25) is 8.99 Å².